The van der Waals surface area contributed by atoms with Crippen LogP contribution in [-0.4, -0.2) is 56.6 Å². The Morgan fingerprint density at radius 2 is 1.86 bits per heavy atom. The number of hydrogen-bond acceptors (Lipinski definition) is 5. The Kier molecular flexibility index (Phi) is 7.08. The van der Waals surface area contributed by atoms with Crippen LogP contribution in [-0.2, 0) is 22.6 Å². The van der Waals surface area contributed by atoms with Crippen LogP contribution >= 0.6 is 0 Å². The number of benzene rings is 2. The molecular weight excluding hydrogens is 370 g/mol. The van der Waals surface area contributed by atoms with Crippen molar-refractivity contribution in [3.05, 3.63) is 59.7 Å². The fraction of sp³-hybridized carbons (Fsp3) is 0.364. The van der Waals surface area contributed by atoms with Crippen molar-refractivity contribution in [3.8, 4) is 11.5 Å². The molecule has 2 amide bonds. The summed E-state index contributed by atoms with van der Waals surface area (Å²) >= 11 is 0. The molecule has 0 aromatic heterocycles. The van der Waals surface area contributed by atoms with Crippen LogP contribution < -0.4 is 20.1 Å². The van der Waals surface area contributed by atoms with Crippen molar-refractivity contribution < 1.29 is 19.1 Å². The fourth-order valence-corrected chi connectivity index (χ4v) is 3.48. The molecule has 1 aliphatic rings. The van der Waals surface area contributed by atoms with E-state index in [0.29, 0.717) is 24.6 Å². The number of nitrogens with one attached hydrogen (secondary N) is 2. The largest absolute Gasteiger partial charge is 0.493 e. The van der Waals surface area contributed by atoms with Gasteiger partial charge in [-0.25, -0.2) is 0 Å². The van der Waals surface area contributed by atoms with Gasteiger partial charge in [-0.05, 0) is 29.7 Å². The zero-order chi connectivity index (χ0) is 20.6. The van der Waals surface area contributed by atoms with Crippen molar-refractivity contribution in [2.24, 2.45) is 0 Å². The number of nitrogens with zero attached hydrogens (tertiary/aromatic N) is 1. The van der Waals surface area contributed by atoms with E-state index in [1.807, 2.05) is 53.4 Å². The molecule has 1 fully saturated rings. The molecule has 1 atom stereocenters. The van der Waals surface area contributed by atoms with E-state index in [1.54, 1.807) is 14.2 Å². The second kappa shape index (κ2) is 9.93. The molecule has 0 saturated carbocycles. The summed E-state index contributed by atoms with van der Waals surface area (Å²) in [5.41, 5.74) is 2.08. The standard InChI is InChI=1S/C22H27N3O4/c1-28-19-9-8-17(11-20(19)29-2)12-23-21(26)14-25-13-18(24-22(27)15-25)10-16-6-4-3-5-7-16/h3-9,11,18H,10,12-15H2,1-2H3,(H,23,26)(H,24,27)/t18-/m0/s1. The van der Waals surface area contributed by atoms with Crippen LogP contribution in [0, 0.1) is 0 Å². The normalized spacial score (nSPS) is 16.8. The SMILES string of the molecule is COc1ccc(CNC(=O)CN2CC(=O)N[C@@H](Cc3ccccc3)C2)cc1OC. The Hall–Kier alpha value is -3.06. The second-order valence-electron chi connectivity index (χ2n) is 7.09. The van der Waals surface area contributed by atoms with Gasteiger partial charge in [-0.2, -0.15) is 0 Å². The van der Waals surface area contributed by atoms with Gasteiger partial charge in [0.25, 0.3) is 0 Å². The van der Waals surface area contributed by atoms with Crippen molar-refractivity contribution in [2.45, 2.75) is 19.0 Å². The highest BCUT2D eigenvalue weighted by Gasteiger charge is 2.26. The van der Waals surface area contributed by atoms with E-state index in [-0.39, 0.29) is 30.9 Å². The summed E-state index contributed by atoms with van der Waals surface area (Å²) in [6.45, 7) is 1.44. The molecule has 3 rings (SSSR count). The van der Waals surface area contributed by atoms with Crippen molar-refractivity contribution in [3.63, 3.8) is 0 Å². The van der Waals surface area contributed by atoms with Crippen LogP contribution in [0.4, 0.5) is 0 Å². The molecule has 7 nitrogen and oxygen atoms in total. The average molecular weight is 397 g/mol. The van der Waals surface area contributed by atoms with Gasteiger partial charge in [0.05, 0.1) is 27.3 Å². The molecule has 1 heterocycles. The van der Waals surface area contributed by atoms with Crippen molar-refractivity contribution >= 4 is 11.8 Å². The molecule has 0 bridgehead atoms. The van der Waals surface area contributed by atoms with Crippen LogP contribution in [0.5, 0.6) is 11.5 Å². The molecule has 0 radical (unpaired) electrons. The molecule has 0 aliphatic carbocycles. The van der Waals surface area contributed by atoms with Gasteiger partial charge in [-0.1, -0.05) is 36.4 Å². The molecular formula is C22H27N3O4. The summed E-state index contributed by atoms with van der Waals surface area (Å²) < 4.78 is 10.5. The van der Waals surface area contributed by atoms with Gasteiger partial charge in [-0.15, -0.1) is 0 Å². The van der Waals surface area contributed by atoms with Crippen molar-refractivity contribution in [1.82, 2.24) is 15.5 Å². The van der Waals surface area contributed by atoms with Crippen LogP contribution in [0.3, 0.4) is 0 Å². The Bertz CT molecular complexity index is 841. The molecule has 1 saturated heterocycles. The van der Waals surface area contributed by atoms with Gasteiger partial charge in [0, 0.05) is 19.1 Å². The zero-order valence-electron chi connectivity index (χ0n) is 16.8. The lowest BCUT2D eigenvalue weighted by atomic mass is 10.0. The van der Waals surface area contributed by atoms with Crippen LogP contribution in [0.25, 0.3) is 0 Å². The molecule has 0 unspecified atom stereocenters. The molecule has 2 N–H and O–H groups in total. The highest BCUT2D eigenvalue weighted by molar-refractivity contribution is 5.82. The molecule has 0 spiro atoms. The van der Waals surface area contributed by atoms with Gasteiger partial charge < -0.3 is 20.1 Å². The van der Waals surface area contributed by atoms with E-state index in [4.69, 9.17) is 9.47 Å². The lowest BCUT2D eigenvalue weighted by Crippen LogP contribution is -2.56. The first-order valence-electron chi connectivity index (χ1n) is 9.60. The summed E-state index contributed by atoms with van der Waals surface area (Å²) in [6, 6.07) is 15.6. The number of carbonyl (C=O) groups excluding carboxylic acids is 2. The smallest absolute Gasteiger partial charge is 0.234 e. The summed E-state index contributed by atoms with van der Waals surface area (Å²) in [5, 5.41) is 5.92. The predicted octanol–water partition coefficient (Wildman–Crippen LogP) is 1.36. The lowest BCUT2D eigenvalue weighted by Gasteiger charge is -2.32. The van der Waals surface area contributed by atoms with E-state index in [9.17, 15) is 9.59 Å². The summed E-state index contributed by atoms with van der Waals surface area (Å²) in [7, 11) is 3.16. The topological polar surface area (TPSA) is 79.9 Å². The summed E-state index contributed by atoms with van der Waals surface area (Å²) in [6.07, 6.45) is 0.746. The van der Waals surface area contributed by atoms with E-state index in [0.717, 1.165) is 17.5 Å². The molecule has 29 heavy (non-hydrogen) atoms. The monoisotopic (exact) mass is 397 g/mol. The maximum absolute atomic E-state index is 12.4. The van der Waals surface area contributed by atoms with E-state index in [2.05, 4.69) is 10.6 Å². The molecule has 2 aromatic carbocycles. The highest BCUT2D eigenvalue weighted by Crippen LogP contribution is 2.27. The Morgan fingerprint density at radius 3 is 2.59 bits per heavy atom. The van der Waals surface area contributed by atoms with E-state index in [1.165, 1.54) is 0 Å². The van der Waals surface area contributed by atoms with Crippen molar-refractivity contribution in [2.75, 3.05) is 33.9 Å². The fourth-order valence-electron chi connectivity index (χ4n) is 3.48. The third-order valence-corrected chi connectivity index (χ3v) is 4.84. The van der Waals surface area contributed by atoms with Gasteiger partial charge >= 0.3 is 0 Å². The minimum absolute atomic E-state index is 0.00250. The van der Waals surface area contributed by atoms with Gasteiger partial charge in [0.1, 0.15) is 0 Å². The Morgan fingerprint density at radius 1 is 1.10 bits per heavy atom. The lowest BCUT2D eigenvalue weighted by molar-refractivity contribution is -0.128. The molecule has 1 aliphatic heterocycles. The minimum atomic E-state index is -0.118. The number of piperazine rings is 1. The maximum atomic E-state index is 12.4. The van der Waals surface area contributed by atoms with E-state index >= 15 is 0 Å². The molecule has 2 aromatic rings. The first-order valence-corrected chi connectivity index (χ1v) is 9.60. The first kappa shape index (κ1) is 20.7. The van der Waals surface area contributed by atoms with E-state index < -0.39 is 0 Å². The third kappa shape index (κ3) is 5.96. The van der Waals surface area contributed by atoms with Crippen LogP contribution in [0.15, 0.2) is 48.5 Å². The summed E-state index contributed by atoms with van der Waals surface area (Å²) in [4.78, 5) is 26.3. The third-order valence-electron chi connectivity index (χ3n) is 4.84. The van der Waals surface area contributed by atoms with Gasteiger partial charge in [0.15, 0.2) is 11.5 Å². The number of amides is 2. The van der Waals surface area contributed by atoms with Crippen LogP contribution in [0.2, 0.25) is 0 Å². The number of rotatable bonds is 8. The number of carbonyl (C=O) groups is 2. The number of methoxy groups -OCH3 is 2. The molecule has 7 heteroatoms. The maximum Gasteiger partial charge on any atom is 0.234 e. The number of ether oxygens (including phenoxy) is 2. The Labute approximate surface area is 171 Å². The average Bonchev–Trinajstić information content (AvgIpc) is 2.72. The van der Waals surface area contributed by atoms with Crippen LogP contribution in [0.1, 0.15) is 11.1 Å². The van der Waals surface area contributed by atoms with Gasteiger partial charge in [-0.3, -0.25) is 14.5 Å². The minimum Gasteiger partial charge on any atom is -0.493 e. The number of hydrogen-bond donors (Lipinski definition) is 2. The first-order chi connectivity index (χ1) is 14.1. The highest BCUT2D eigenvalue weighted by atomic mass is 16.5. The quantitative estimate of drug-likeness (QED) is 0.703. The second-order valence-corrected chi connectivity index (χ2v) is 7.09. The van der Waals surface area contributed by atoms with Gasteiger partial charge in [0.2, 0.25) is 11.8 Å². The van der Waals surface area contributed by atoms with Crippen molar-refractivity contribution in [1.29, 1.82) is 0 Å². The molecule has 154 valence electrons. The Balaban J connectivity index is 1.51. The predicted molar refractivity (Wildman–Crippen MR) is 110 cm³/mol. The summed E-state index contributed by atoms with van der Waals surface area (Å²) in [5.74, 6) is 1.10. The zero-order valence-corrected chi connectivity index (χ0v) is 16.8.